The summed E-state index contributed by atoms with van der Waals surface area (Å²) in [7, 11) is 1.34. The molecule has 0 N–H and O–H groups in total. The highest BCUT2D eigenvalue weighted by Gasteiger charge is 2.10. The molecule has 0 unspecified atom stereocenters. The normalized spacial score (nSPS) is 10.6. The van der Waals surface area contributed by atoms with Gasteiger partial charge in [0, 0.05) is 30.5 Å². The number of ether oxygens (including phenoxy) is 1. The summed E-state index contributed by atoms with van der Waals surface area (Å²) in [6, 6.07) is 4.60. The van der Waals surface area contributed by atoms with Gasteiger partial charge in [0.05, 0.1) is 23.7 Å². The number of nitro groups is 1. The van der Waals surface area contributed by atoms with Crippen LogP contribution in [0.1, 0.15) is 12.8 Å². The Bertz CT molecular complexity index is 620. The molecule has 1 aromatic carbocycles. The van der Waals surface area contributed by atoms with Crippen molar-refractivity contribution in [2.45, 2.75) is 19.4 Å². The lowest BCUT2D eigenvalue weighted by molar-refractivity contribution is -0.384. The number of esters is 1. The predicted octanol–water partition coefficient (Wildman–Crippen LogP) is 1.90. The molecule has 1 aromatic heterocycles. The van der Waals surface area contributed by atoms with Crippen LogP contribution in [0, 0.1) is 10.1 Å². The number of nitrogens with zero attached hydrogens (tertiary/aromatic N) is 3. The Kier molecular flexibility index (Phi) is 3.74. The highest BCUT2D eigenvalue weighted by Crippen LogP contribution is 2.20. The number of hydrogen-bond donors (Lipinski definition) is 0. The Morgan fingerprint density at radius 1 is 1.53 bits per heavy atom. The smallest absolute Gasteiger partial charge is 0.305 e. The minimum atomic E-state index is -0.439. The van der Waals surface area contributed by atoms with Gasteiger partial charge in [-0.1, -0.05) is 0 Å². The van der Waals surface area contributed by atoms with Gasteiger partial charge >= 0.3 is 5.97 Å². The highest BCUT2D eigenvalue weighted by molar-refractivity contribution is 5.81. The van der Waals surface area contributed by atoms with Crippen molar-refractivity contribution in [2.24, 2.45) is 0 Å². The van der Waals surface area contributed by atoms with E-state index >= 15 is 0 Å². The first-order chi connectivity index (χ1) is 9.11. The van der Waals surface area contributed by atoms with Crippen molar-refractivity contribution in [3.05, 3.63) is 34.5 Å². The summed E-state index contributed by atoms with van der Waals surface area (Å²) in [4.78, 5) is 21.3. The number of rotatable bonds is 5. The number of hydrogen-bond acceptors (Lipinski definition) is 5. The maximum Gasteiger partial charge on any atom is 0.305 e. The fourth-order valence-corrected chi connectivity index (χ4v) is 1.83. The van der Waals surface area contributed by atoms with E-state index in [1.807, 2.05) is 0 Å². The molecule has 0 fully saturated rings. The Morgan fingerprint density at radius 2 is 2.32 bits per heavy atom. The maximum atomic E-state index is 11.0. The number of nitro benzene ring substituents is 1. The van der Waals surface area contributed by atoms with E-state index in [4.69, 9.17) is 0 Å². The highest BCUT2D eigenvalue weighted by atomic mass is 16.6. The standard InChI is InChI=1S/C12H13N3O4/c1-19-12(16)3-2-6-14-11-7-10(15(17)18)5-4-9(11)8-13-14/h4-5,7-8H,2-3,6H2,1H3. The molecule has 2 rings (SSSR count). The fraction of sp³-hybridized carbons (Fsp3) is 0.333. The summed E-state index contributed by atoms with van der Waals surface area (Å²) in [6.45, 7) is 0.514. The monoisotopic (exact) mass is 263 g/mol. The van der Waals surface area contributed by atoms with Gasteiger partial charge < -0.3 is 4.74 Å². The zero-order valence-electron chi connectivity index (χ0n) is 10.4. The zero-order valence-corrected chi connectivity index (χ0v) is 10.4. The van der Waals surface area contributed by atoms with E-state index in [1.54, 1.807) is 16.9 Å². The second-order valence-corrected chi connectivity index (χ2v) is 4.05. The Morgan fingerprint density at radius 3 is 3.00 bits per heavy atom. The SMILES string of the molecule is COC(=O)CCCn1ncc2ccc([N+](=O)[O-])cc21. The van der Waals surface area contributed by atoms with Gasteiger partial charge in [-0.3, -0.25) is 19.6 Å². The lowest BCUT2D eigenvalue weighted by Gasteiger charge is -2.03. The van der Waals surface area contributed by atoms with Crippen molar-refractivity contribution >= 4 is 22.6 Å². The number of methoxy groups -OCH3 is 1. The Hall–Kier alpha value is -2.44. The lowest BCUT2D eigenvalue weighted by atomic mass is 10.2. The first kappa shape index (κ1) is 13.0. The third kappa shape index (κ3) is 2.87. The summed E-state index contributed by atoms with van der Waals surface area (Å²) in [6.07, 6.45) is 2.52. The zero-order chi connectivity index (χ0) is 13.8. The van der Waals surface area contributed by atoms with E-state index in [0.717, 1.165) is 5.39 Å². The van der Waals surface area contributed by atoms with Gasteiger partial charge in [-0.25, -0.2) is 0 Å². The van der Waals surface area contributed by atoms with Crippen LogP contribution in [0.15, 0.2) is 24.4 Å². The molecule has 0 aliphatic carbocycles. The minimum Gasteiger partial charge on any atom is -0.469 e. The molecular weight excluding hydrogens is 250 g/mol. The third-order valence-electron chi connectivity index (χ3n) is 2.82. The number of non-ortho nitro benzene ring substituents is 1. The number of carbonyl (C=O) groups excluding carboxylic acids is 1. The first-order valence-electron chi connectivity index (χ1n) is 5.78. The summed E-state index contributed by atoms with van der Waals surface area (Å²) >= 11 is 0. The van der Waals surface area contributed by atoms with Crippen LogP contribution in [0.25, 0.3) is 10.9 Å². The van der Waals surface area contributed by atoms with Crippen LogP contribution in [0.2, 0.25) is 0 Å². The van der Waals surface area contributed by atoms with Gasteiger partial charge in [-0.05, 0) is 12.5 Å². The number of aromatic nitrogens is 2. The summed E-state index contributed by atoms with van der Waals surface area (Å²) < 4.78 is 6.21. The second kappa shape index (κ2) is 5.47. The van der Waals surface area contributed by atoms with Gasteiger partial charge in [-0.15, -0.1) is 0 Å². The largest absolute Gasteiger partial charge is 0.469 e. The van der Waals surface area contributed by atoms with Crippen LogP contribution in [0.5, 0.6) is 0 Å². The van der Waals surface area contributed by atoms with Crippen molar-refractivity contribution in [1.29, 1.82) is 0 Å². The fourth-order valence-electron chi connectivity index (χ4n) is 1.83. The van der Waals surface area contributed by atoms with Crippen molar-refractivity contribution < 1.29 is 14.5 Å². The average Bonchev–Trinajstić information content (AvgIpc) is 2.81. The topological polar surface area (TPSA) is 87.3 Å². The molecule has 2 aromatic rings. The number of benzene rings is 1. The summed E-state index contributed by atoms with van der Waals surface area (Å²) in [5, 5.41) is 15.7. The molecular formula is C12H13N3O4. The minimum absolute atomic E-state index is 0.0298. The molecule has 0 radical (unpaired) electrons. The molecule has 0 bridgehead atoms. The van der Waals surface area contributed by atoms with Gasteiger partial charge in [0.15, 0.2) is 0 Å². The molecule has 0 aliphatic rings. The molecule has 1 heterocycles. The summed E-state index contributed by atoms with van der Waals surface area (Å²) in [5.74, 6) is -0.276. The van der Waals surface area contributed by atoms with Crippen LogP contribution < -0.4 is 0 Å². The van der Waals surface area contributed by atoms with Crippen molar-refractivity contribution in [2.75, 3.05) is 7.11 Å². The number of aryl methyl sites for hydroxylation is 1. The van der Waals surface area contributed by atoms with Gasteiger partial charge in [0.1, 0.15) is 0 Å². The van der Waals surface area contributed by atoms with E-state index in [9.17, 15) is 14.9 Å². The van der Waals surface area contributed by atoms with Crippen LogP contribution in [0.3, 0.4) is 0 Å². The quantitative estimate of drug-likeness (QED) is 0.467. The average molecular weight is 263 g/mol. The molecule has 7 heteroatoms. The molecule has 7 nitrogen and oxygen atoms in total. The number of carbonyl (C=O) groups is 1. The van der Waals surface area contributed by atoms with Crippen molar-refractivity contribution in [1.82, 2.24) is 9.78 Å². The molecule has 0 saturated carbocycles. The van der Waals surface area contributed by atoms with Crippen molar-refractivity contribution in [3.8, 4) is 0 Å². The number of fused-ring (bicyclic) bond motifs is 1. The van der Waals surface area contributed by atoms with Crippen LogP contribution >= 0.6 is 0 Å². The van der Waals surface area contributed by atoms with E-state index in [2.05, 4.69) is 9.84 Å². The lowest BCUT2D eigenvalue weighted by Crippen LogP contribution is -2.05. The molecule has 0 saturated heterocycles. The van der Waals surface area contributed by atoms with Crippen LogP contribution in [0.4, 0.5) is 5.69 Å². The third-order valence-corrected chi connectivity index (χ3v) is 2.82. The van der Waals surface area contributed by atoms with Crippen LogP contribution in [-0.2, 0) is 16.1 Å². The molecule has 0 amide bonds. The Balaban J connectivity index is 2.16. The summed E-state index contributed by atoms with van der Waals surface area (Å²) in [5.41, 5.74) is 0.723. The predicted molar refractivity (Wildman–Crippen MR) is 67.6 cm³/mol. The van der Waals surface area contributed by atoms with E-state index < -0.39 is 4.92 Å². The molecule has 0 spiro atoms. The van der Waals surface area contributed by atoms with E-state index in [0.29, 0.717) is 24.9 Å². The first-order valence-corrected chi connectivity index (χ1v) is 5.78. The Labute approximate surface area is 108 Å². The van der Waals surface area contributed by atoms with E-state index in [-0.39, 0.29) is 11.7 Å². The molecule has 0 aliphatic heterocycles. The molecule has 100 valence electrons. The van der Waals surface area contributed by atoms with Gasteiger partial charge in [-0.2, -0.15) is 5.10 Å². The van der Waals surface area contributed by atoms with Crippen molar-refractivity contribution in [3.63, 3.8) is 0 Å². The van der Waals surface area contributed by atoms with E-state index in [1.165, 1.54) is 19.2 Å². The molecule has 0 atom stereocenters. The van der Waals surface area contributed by atoms with Crippen LogP contribution in [-0.4, -0.2) is 27.8 Å². The molecule has 19 heavy (non-hydrogen) atoms. The second-order valence-electron chi connectivity index (χ2n) is 4.05. The van der Waals surface area contributed by atoms with Gasteiger partial charge in [0.2, 0.25) is 0 Å². The maximum absolute atomic E-state index is 11.0. The van der Waals surface area contributed by atoms with Gasteiger partial charge in [0.25, 0.3) is 5.69 Å².